The summed E-state index contributed by atoms with van der Waals surface area (Å²) in [6, 6.07) is 13.9. The molecule has 150 valence electrons. The number of benzene rings is 2. The van der Waals surface area contributed by atoms with Gasteiger partial charge in [-0.25, -0.2) is 0 Å². The summed E-state index contributed by atoms with van der Waals surface area (Å²) in [5.41, 5.74) is 4.09. The molecule has 1 atom stereocenters. The van der Waals surface area contributed by atoms with Crippen molar-refractivity contribution in [1.29, 1.82) is 0 Å². The highest BCUT2D eigenvalue weighted by Gasteiger charge is 2.14. The Morgan fingerprint density at radius 1 is 1.07 bits per heavy atom. The van der Waals surface area contributed by atoms with Gasteiger partial charge in [0.15, 0.2) is 0 Å². The maximum absolute atomic E-state index is 12.3. The molecule has 2 rings (SSSR count). The van der Waals surface area contributed by atoms with Gasteiger partial charge in [0, 0.05) is 10.2 Å². The molecule has 0 spiro atoms. The van der Waals surface area contributed by atoms with E-state index in [1.165, 1.54) is 5.56 Å². The van der Waals surface area contributed by atoms with Crippen molar-refractivity contribution in [3.8, 4) is 0 Å². The van der Waals surface area contributed by atoms with Crippen molar-refractivity contribution in [3.05, 3.63) is 63.6 Å². The Balaban J connectivity index is 1.81. The normalized spacial score (nSPS) is 11.9. The van der Waals surface area contributed by atoms with E-state index in [9.17, 15) is 9.59 Å². The van der Waals surface area contributed by atoms with Gasteiger partial charge in [-0.3, -0.25) is 14.5 Å². The first-order chi connectivity index (χ1) is 13.3. The minimum absolute atomic E-state index is 0.0777. The zero-order valence-corrected chi connectivity index (χ0v) is 18.5. The van der Waals surface area contributed by atoms with Crippen molar-refractivity contribution in [2.45, 2.75) is 33.2 Å². The predicted molar refractivity (Wildman–Crippen MR) is 117 cm³/mol. The zero-order valence-electron chi connectivity index (χ0n) is 16.9. The van der Waals surface area contributed by atoms with Crippen LogP contribution in [-0.4, -0.2) is 36.9 Å². The number of likely N-dealkylation sites (N-methyl/N-ethyl adjacent to an activating group) is 1. The van der Waals surface area contributed by atoms with E-state index in [2.05, 4.69) is 45.6 Å². The molecule has 0 aliphatic heterocycles. The number of nitrogens with zero attached hydrogens (tertiary/aromatic N) is 1. The molecule has 2 aromatic carbocycles. The van der Waals surface area contributed by atoms with Crippen LogP contribution >= 0.6 is 15.9 Å². The predicted octanol–water partition coefficient (Wildman–Crippen LogP) is 4.07. The van der Waals surface area contributed by atoms with Crippen molar-refractivity contribution < 1.29 is 9.59 Å². The minimum atomic E-state index is -0.149. The van der Waals surface area contributed by atoms with E-state index in [4.69, 9.17) is 0 Å². The van der Waals surface area contributed by atoms with Crippen molar-refractivity contribution >= 4 is 33.4 Å². The maximum atomic E-state index is 12.3. The molecule has 1 unspecified atom stereocenters. The molecule has 6 heteroatoms. The summed E-state index contributed by atoms with van der Waals surface area (Å²) in [5.74, 6) is -0.258. The average molecular weight is 446 g/mol. The fourth-order valence-electron chi connectivity index (χ4n) is 2.92. The summed E-state index contributed by atoms with van der Waals surface area (Å²) in [4.78, 5) is 26.3. The molecule has 0 aliphatic carbocycles. The lowest BCUT2D eigenvalue weighted by Crippen LogP contribution is -2.39. The van der Waals surface area contributed by atoms with Crippen molar-refractivity contribution in [2.75, 3.05) is 25.5 Å². The van der Waals surface area contributed by atoms with Crippen molar-refractivity contribution in [3.63, 3.8) is 0 Å². The molecule has 0 radical (unpaired) electrons. The van der Waals surface area contributed by atoms with Crippen LogP contribution in [0.4, 0.5) is 5.69 Å². The number of aryl methyl sites for hydroxylation is 2. The smallest absolute Gasteiger partial charge is 0.238 e. The summed E-state index contributed by atoms with van der Waals surface area (Å²) in [7, 11) is 1.76. The molecular weight excluding hydrogens is 418 g/mol. The van der Waals surface area contributed by atoms with Gasteiger partial charge in [-0.2, -0.15) is 0 Å². The molecule has 2 N–H and O–H groups in total. The second-order valence-electron chi connectivity index (χ2n) is 7.06. The maximum Gasteiger partial charge on any atom is 0.238 e. The number of hydrogen-bond donors (Lipinski definition) is 2. The Morgan fingerprint density at radius 2 is 1.71 bits per heavy atom. The molecule has 0 bridgehead atoms. The molecule has 0 aromatic heterocycles. The molecule has 28 heavy (non-hydrogen) atoms. The third kappa shape index (κ3) is 6.77. The zero-order chi connectivity index (χ0) is 20.7. The van der Waals surface area contributed by atoms with Gasteiger partial charge in [0.2, 0.25) is 11.8 Å². The van der Waals surface area contributed by atoms with Gasteiger partial charge in [0.25, 0.3) is 0 Å². The number of carbonyl (C=O) groups is 2. The molecule has 0 aliphatic rings. The number of halogens is 1. The third-order valence-corrected chi connectivity index (χ3v) is 5.05. The monoisotopic (exact) mass is 445 g/mol. The minimum Gasteiger partial charge on any atom is -0.348 e. The lowest BCUT2D eigenvalue weighted by atomic mass is 10.1. The molecular formula is C22H28BrN3O2. The number of nitrogens with one attached hydrogen (secondary N) is 2. The van der Waals surface area contributed by atoms with E-state index in [-0.39, 0.29) is 30.9 Å². The van der Waals surface area contributed by atoms with Crippen LogP contribution in [0, 0.1) is 6.92 Å². The van der Waals surface area contributed by atoms with Gasteiger partial charge in [0.1, 0.15) is 0 Å². The highest BCUT2D eigenvalue weighted by molar-refractivity contribution is 9.10. The molecule has 0 fully saturated rings. The highest BCUT2D eigenvalue weighted by atomic mass is 79.9. The van der Waals surface area contributed by atoms with E-state index in [1.807, 2.05) is 44.2 Å². The third-order valence-electron chi connectivity index (χ3n) is 4.56. The number of anilines is 1. The number of amides is 2. The van der Waals surface area contributed by atoms with Crippen LogP contribution in [0.3, 0.4) is 0 Å². The van der Waals surface area contributed by atoms with Crippen LogP contribution in [0.5, 0.6) is 0 Å². The van der Waals surface area contributed by atoms with Crippen LogP contribution < -0.4 is 10.6 Å². The van der Waals surface area contributed by atoms with Crippen molar-refractivity contribution in [2.24, 2.45) is 0 Å². The fourth-order valence-corrected chi connectivity index (χ4v) is 3.39. The second-order valence-corrected chi connectivity index (χ2v) is 7.98. The van der Waals surface area contributed by atoms with Gasteiger partial charge in [-0.15, -0.1) is 0 Å². The van der Waals surface area contributed by atoms with Crippen molar-refractivity contribution in [1.82, 2.24) is 10.2 Å². The lowest BCUT2D eigenvalue weighted by Gasteiger charge is -2.19. The van der Waals surface area contributed by atoms with Crippen LogP contribution in [-0.2, 0) is 16.0 Å². The Hall–Kier alpha value is -2.18. The molecule has 0 saturated carbocycles. The Bertz CT molecular complexity index is 821. The van der Waals surface area contributed by atoms with Gasteiger partial charge in [0.05, 0.1) is 19.1 Å². The van der Waals surface area contributed by atoms with E-state index >= 15 is 0 Å². The second kappa shape index (κ2) is 10.4. The molecule has 2 aromatic rings. The quantitative estimate of drug-likeness (QED) is 0.643. The topological polar surface area (TPSA) is 61.4 Å². The van der Waals surface area contributed by atoms with E-state index in [1.54, 1.807) is 11.9 Å². The fraction of sp³-hybridized carbons (Fsp3) is 0.364. The summed E-state index contributed by atoms with van der Waals surface area (Å²) in [5, 5.41) is 5.87. The van der Waals surface area contributed by atoms with E-state index in [0.29, 0.717) is 0 Å². The largest absolute Gasteiger partial charge is 0.348 e. The first kappa shape index (κ1) is 22.1. The Morgan fingerprint density at radius 3 is 2.32 bits per heavy atom. The number of rotatable bonds is 8. The van der Waals surface area contributed by atoms with Gasteiger partial charge in [-0.05, 0) is 62.2 Å². The molecule has 0 saturated heterocycles. The first-order valence-electron chi connectivity index (χ1n) is 9.41. The molecule has 5 nitrogen and oxygen atoms in total. The average Bonchev–Trinajstić information content (AvgIpc) is 2.63. The van der Waals surface area contributed by atoms with Crippen LogP contribution in [0.25, 0.3) is 0 Å². The molecule has 2 amide bonds. The number of carbonyl (C=O) groups excluding carboxylic acids is 2. The van der Waals surface area contributed by atoms with Crippen LogP contribution in [0.15, 0.2) is 46.9 Å². The standard InChI is InChI=1S/C22H28BrN3O2/c1-5-17-6-8-18(9-7-17)16(3)24-21(27)13-26(4)14-22(28)25-20-11-10-19(23)12-15(20)2/h6-12,16H,5,13-14H2,1-4H3,(H,24,27)(H,25,28). The molecule has 0 heterocycles. The summed E-state index contributed by atoms with van der Waals surface area (Å²) in [6.07, 6.45) is 0.994. The lowest BCUT2D eigenvalue weighted by molar-refractivity contribution is -0.123. The van der Waals surface area contributed by atoms with E-state index < -0.39 is 0 Å². The number of hydrogen-bond acceptors (Lipinski definition) is 3. The Kier molecular flexibility index (Phi) is 8.20. The van der Waals surface area contributed by atoms with E-state index in [0.717, 1.165) is 27.7 Å². The summed E-state index contributed by atoms with van der Waals surface area (Å²) >= 11 is 3.41. The van der Waals surface area contributed by atoms with Gasteiger partial charge < -0.3 is 10.6 Å². The van der Waals surface area contributed by atoms with Gasteiger partial charge >= 0.3 is 0 Å². The Labute approximate surface area is 175 Å². The highest BCUT2D eigenvalue weighted by Crippen LogP contribution is 2.20. The first-order valence-corrected chi connectivity index (χ1v) is 10.2. The SMILES string of the molecule is CCc1ccc(C(C)NC(=O)CN(C)CC(=O)Nc2ccc(Br)cc2C)cc1. The summed E-state index contributed by atoms with van der Waals surface area (Å²) in [6.45, 7) is 6.31. The van der Waals surface area contributed by atoms with Crippen LogP contribution in [0.1, 0.15) is 36.6 Å². The summed E-state index contributed by atoms with van der Waals surface area (Å²) < 4.78 is 0.968. The van der Waals surface area contributed by atoms with Gasteiger partial charge in [-0.1, -0.05) is 47.1 Å². The van der Waals surface area contributed by atoms with Crippen LogP contribution in [0.2, 0.25) is 0 Å².